The predicted molar refractivity (Wildman–Crippen MR) is 118 cm³/mol. The summed E-state index contributed by atoms with van der Waals surface area (Å²) >= 11 is 1.60. The molecule has 0 radical (unpaired) electrons. The summed E-state index contributed by atoms with van der Waals surface area (Å²) in [7, 11) is 0. The first-order chi connectivity index (χ1) is 14.0. The third-order valence-electron chi connectivity index (χ3n) is 4.17. The molecular formula is C22H24N4O2S. The number of hydrogen-bond acceptors (Lipinski definition) is 5. The molecule has 1 heterocycles. The normalized spacial score (nSPS) is 10.4. The molecule has 1 aromatic heterocycles. The van der Waals surface area contributed by atoms with Gasteiger partial charge in [0.15, 0.2) is 0 Å². The van der Waals surface area contributed by atoms with Crippen LogP contribution in [0.4, 0.5) is 11.4 Å². The van der Waals surface area contributed by atoms with Crippen LogP contribution in [0.15, 0.2) is 53.9 Å². The van der Waals surface area contributed by atoms with E-state index in [1.54, 1.807) is 29.5 Å². The summed E-state index contributed by atoms with van der Waals surface area (Å²) in [6.07, 6.45) is 0.882. The highest BCUT2D eigenvalue weighted by Gasteiger charge is 2.08. The molecule has 150 valence electrons. The van der Waals surface area contributed by atoms with Gasteiger partial charge in [0, 0.05) is 34.4 Å². The number of nitrogens with one attached hydrogen (secondary N) is 3. The summed E-state index contributed by atoms with van der Waals surface area (Å²) in [4.78, 5) is 28.9. The van der Waals surface area contributed by atoms with Gasteiger partial charge in [-0.25, -0.2) is 4.98 Å². The van der Waals surface area contributed by atoms with Crippen LogP contribution in [0.5, 0.6) is 0 Å². The van der Waals surface area contributed by atoms with Gasteiger partial charge in [-0.3, -0.25) is 9.59 Å². The molecule has 0 atom stereocenters. The molecule has 0 aliphatic heterocycles. The third-order valence-corrected chi connectivity index (χ3v) is 4.95. The average molecular weight is 409 g/mol. The Kier molecular flexibility index (Phi) is 6.97. The van der Waals surface area contributed by atoms with E-state index in [1.807, 2.05) is 49.6 Å². The molecule has 0 aliphatic carbocycles. The first-order valence-electron chi connectivity index (χ1n) is 9.49. The van der Waals surface area contributed by atoms with Gasteiger partial charge in [0.25, 0.3) is 5.91 Å². The van der Waals surface area contributed by atoms with Crippen LogP contribution in [-0.4, -0.2) is 29.9 Å². The van der Waals surface area contributed by atoms with Crippen LogP contribution in [-0.2, 0) is 4.79 Å². The predicted octanol–water partition coefficient (Wildman–Crippen LogP) is 4.31. The van der Waals surface area contributed by atoms with Crippen molar-refractivity contribution in [2.24, 2.45) is 0 Å². The molecule has 0 aliphatic rings. The van der Waals surface area contributed by atoms with Gasteiger partial charge in [-0.2, -0.15) is 0 Å². The van der Waals surface area contributed by atoms with Crippen molar-refractivity contribution in [1.29, 1.82) is 0 Å². The molecule has 0 spiro atoms. The Labute approximate surface area is 174 Å². The summed E-state index contributed by atoms with van der Waals surface area (Å²) in [6, 6.07) is 14.7. The average Bonchev–Trinajstić information content (AvgIpc) is 3.17. The number of thiazole rings is 1. The molecule has 7 heteroatoms. The first-order valence-corrected chi connectivity index (χ1v) is 10.4. The van der Waals surface area contributed by atoms with Gasteiger partial charge < -0.3 is 16.0 Å². The van der Waals surface area contributed by atoms with Crippen LogP contribution >= 0.6 is 11.3 Å². The topological polar surface area (TPSA) is 83.1 Å². The second-order valence-corrected chi connectivity index (χ2v) is 7.63. The van der Waals surface area contributed by atoms with E-state index in [1.165, 1.54) is 0 Å². The highest BCUT2D eigenvalue weighted by Crippen LogP contribution is 2.24. The number of rotatable bonds is 8. The fraction of sp³-hybridized carbons (Fsp3) is 0.227. The van der Waals surface area contributed by atoms with Gasteiger partial charge in [0.05, 0.1) is 17.2 Å². The number of nitrogens with zero attached hydrogens (tertiary/aromatic N) is 1. The van der Waals surface area contributed by atoms with E-state index in [0.717, 1.165) is 28.4 Å². The van der Waals surface area contributed by atoms with E-state index < -0.39 is 0 Å². The number of amides is 2. The van der Waals surface area contributed by atoms with Crippen LogP contribution in [0, 0.1) is 6.92 Å². The summed E-state index contributed by atoms with van der Waals surface area (Å²) in [5.41, 5.74) is 3.87. The smallest absolute Gasteiger partial charge is 0.251 e. The van der Waals surface area contributed by atoms with Crippen LogP contribution in [0.1, 0.15) is 28.7 Å². The number of carbonyl (C=O) groups excluding carboxylic acids is 2. The molecule has 0 bridgehead atoms. The third kappa shape index (κ3) is 5.89. The quantitative estimate of drug-likeness (QED) is 0.519. The molecule has 0 saturated heterocycles. The number of anilines is 2. The summed E-state index contributed by atoms with van der Waals surface area (Å²) < 4.78 is 0. The van der Waals surface area contributed by atoms with Crippen molar-refractivity contribution in [3.63, 3.8) is 0 Å². The molecule has 29 heavy (non-hydrogen) atoms. The van der Waals surface area contributed by atoms with Crippen LogP contribution < -0.4 is 16.0 Å². The number of aromatic nitrogens is 1. The van der Waals surface area contributed by atoms with Gasteiger partial charge in [-0.15, -0.1) is 11.3 Å². The number of benzene rings is 2. The van der Waals surface area contributed by atoms with Crippen molar-refractivity contribution in [1.82, 2.24) is 10.3 Å². The molecule has 6 nitrogen and oxygen atoms in total. The Bertz CT molecular complexity index is 1000. The van der Waals surface area contributed by atoms with E-state index in [4.69, 9.17) is 0 Å². The van der Waals surface area contributed by atoms with Gasteiger partial charge in [0.2, 0.25) is 5.91 Å². The Morgan fingerprint density at radius 3 is 2.62 bits per heavy atom. The minimum atomic E-state index is -0.169. The second kappa shape index (κ2) is 9.84. The molecular weight excluding hydrogens is 384 g/mol. The second-order valence-electron chi connectivity index (χ2n) is 6.57. The lowest BCUT2D eigenvalue weighted by Crippen LogP contribution is -2.24. The minimum absolute atomic E-state index is 0.0973. The van der Waals surface area contributed by atoms with Crippen LogP contribution in [0.25, 0.3) is 11.3 Å². The number of carbonyl (C=O) groups is 2. The maximum Gasteiger partial charge on any atom is 0.251 e. The monoisotopic (exact) mass is 408 g/mol. The van der Waals surface area contributed by atoms with Gasteiger partial charge in [0.1, 0.15) is 0 Å². The SMILES string of the molecule is CCCNC(=O)c1cccc(NCC(=O)Nc2cccc(-c3csc(C)n3)c2)c1. The Morgan fingerprint density at radius 2 is 1.86 bits per heavy atom. The van der Waals surface area contributed by atoms with Crippen molar-refractivity contribution in [3.05, 3.63) is 64.5 Å². The molecule has 2 aromatic carbocycles. The first kappa shape index (κ1) is 20.5. The summed E-state index contributed by atoms with van der Waals surface area (Å²) in [5, 5.41) is 11.8. The lowest BCUT2D eigenvalue weighted by molar-refractivity contribution is -0.114. The standard InChI is InChI=1S/C22H24N4O2S/c1-3-10-23-22(28)17-7-5-8-18(12-17)24-13-21(27)26-19-9-4-6-16(11-19)20-14-29-15(2)25-20/h4-9,11-12,14,24H,3,10,13H2,1-2H3,(H,23,28)(H,26,27). The molecule has 2 amide bonds. The number of hydrogen-bond donors (Lipinski definition) is 3. The van der Waals surface area contributed by atoms with Crippen LogP contribution in [0.3, 0.4) is 0 Å². The van der Waals surface area contributed by atoms with E-state index in [0.29, 0.717) is 17.8 Å². The zero-order chi connectivity index (χ0) is 20.6. The van der Waals surface area contributed by atoms with Crippen molar-refractivity contribution < 1.29 is 9.59 Å². The molecule has 0 fully saturated rings. The summed E-state index contributed by atoms with van der Waals surface area (Å²) in [5.74, 6) is -0.286. The van der Waals surface area contributed by atoms with E-state index >= 15 is 0 Å². The van der Waals surface area contributed by atoms with Gasteiger partial charge in [-0.05, 0) is 43.7 Å². The summed E-state index contributed by atoms with van der Waals surface area (Å²) in [6.45, 7) is 4.71. The molecule has 3 N–H and O–H groups in total. The van der Waals surface area contributed by atoms with Crippen molar-refractivity contribution >= 4 is 34.5 Å². The maximum atomic E-state index is 12.3. The fourth-order valence-electron chi connectivity index (χ4n) is 2.75. The van der Waals surface area contributed by atoms with Crippen molar-refractivity contribution in [2.75, 3.05) is 23.7 Å². The maximum absolute atomic E-state index is 12.3. The molecule has 0 saturated carbocycles. The fourth-order valence-corrected chi connectivity index (χ4v) is 3.37. The molecule has 3 rings (SSSR count). The zero-order valence-electron chi connectivity index (χ0n) is 16.5. The van der Waals surface area contributed by atoms with Crippen LogP contribution in [0.2, 0.25) is 0 Å². The van der Waals surface area contributed by atoms with Gasteiger partial charge in [-0.1, -0.05) is 25.1 Å². The largest absolute Gasteiger partial charge is 0.376 e. The van der Waals surface area contributed by atoms with E-state index in [2.05, 4.69) is 20.9 Å². The lowest BCUT2D eigenvalue weighted by atomic mass is 10.1. The number of aryl methyl sites for hydroxylation is 1. The Balaban J connectivity index is 1.57. The lowest BCUT2D eigenvalue weighted by Gasteiger charge is -2.10. The van der Waals surface area contributed by atoms with Crippen molar-refractivity contribution in [2.45, 2.75) is 20.3 Å². The van der Waals surface area contributed by atoms with Gasteiger partial charge >= 0.3 is 0 Å². The molecule has 0 unspecified atom stereocenters. The minimum Gasteiger partial charge on any atom is -0.376 e. The Morgan fingerprint density at radius 1 is 1.07 bits per heavy atom. The van der Waals surface area contributed by atoms with E-state index in [-0.39, 0.29) is 18.4 Å². The van der Waals surface area contributed by atoms with Crippen molar-refractivity contribution in [3.8, 4) is 11.3 Å². The molecule has 3 aromatic rings. The Hall–Kier alpha value is -3.19. The van der Waals surface area contributed by atoms with E-state index in [9.17, 15) is 9.59 Å². The zero-order valence-corrected chi connectivity index (χ0v) is 17.3. The highest BCUT2D eigenvalue weighted by molar-refractivity contribution is 7.09. The highest BCUT2D eigenvalue weighted by atomic mass is 32.1.